The molecule has 0 aliphatic carbocycles. The molecule has 2 aromatic heterocycles. The highest BCUT2D eigenvalue weighted by atomic mass is 35.5. The number of fused-ring (bicyclic) bond motifs is 1. The van der Waals surface area contributed by atoms with Crippen LogP contribution in [-0.4, -0.2) is 94.1 Å². The van der Waals surface area contributed by atoms with Crippen molar-refractivity contribution in [3.8, 4) is 5.69 Å². The maximum absolute atomic E-state index is 14.9. The van der Waals surface area contributed by atoms with Crippen LogP contribution in [-0.2, 0) is 9.53 Å². The first-order valence-corrected chi connectivity index (χ1v) is 16.9. The highest BCUT2D eigenvalue weighted by Crippen LogP contribution is 2.37. The molecule has 2 fully saturated rings. The first-order chi connectivity index (χ1) is 24.5. The highest BCUT2D eigenvalue weighted by Gasteiger charge is 2.42. The number of esters is 1. The van der Waals surface area contributed by atoms with E-state index < -0.39 is 35.2 Å². The topological polar surface area (TPSA) is 150 Å². The van der Waals surface area contributed by atoms with Gasteiger partial charge in [-0.3, -0.25) is 24.2 Å². The number of nitrogens with one attached hydrogen (secondary N) is 1. The molecule has 3 aliphatic rings. The molecule has 7 rings (SSSR count). The number of carbonyl (C=O) groups is 3. The van der Waals surface area contributed by atoms with Crippen LogP contribution in [0.3, 0.4) is 0 Å². The number of benzene rings is 2. The number of nitrogens with zero attached hydrogens (tertiary/aromatic N) is 6. The maximum atomic E-state index is 14.9. The number of carboxylic acid groups (broad SMARTS) is 1. The van der Waals surface area contributed by atoms with E-state index in [4.69, 9.17) is 21.3 Å². The number of halogens is 3. The van der Waals surface area contributed by atoms with Gasteiger partial charge in [0.05, 0.1) is 35.7 Å². The second-order valence-electron chi connectivity index (χ2n) is 11.9. The molecule has 3 aliphatic heterocycles. The Balaban J connectivity index is 1.16. The van der Waals surface area contributed by atoms with Gasteiger partial charge in [0, 0.05) is 72.8 Å². The molecule has 2 saturated heterocycles. The predicted octanol–water partition coefficient (Wildman–Crippen LogP) is 4.07. The summed E-state index contributed by atoms with van der Waals surface area (Å²) >= 11 is 7.82. The maximum Gasteiger partial charge on any atom is 0.338 e. The number of amidine groups is 1. The lowest BCUT2D eigenvalue weighted by atomic mass is 9.95. The Kier molecular flexibility index (Phi) is 9.13. The molecule has 0 saturated carbocycles. The molecular formula is C34H28ClF2N7O6S. The molecule has 5 heterocycles. The molecule has 2 atom stereocenters. The molecular weight excluding hydrogens is 708 g/mol. The van der Waals surface area contributed by atoms with Crippen molar-refractivity contribution in [1.29, 1.82) is 0 Å². The van der Waals surface area contributed by atoms with Crippen molar-refractivity contribution < 1.29 is 33.0 Å². The molecule has 2 aromatic carbocycles. The van der Waals surface area contributed by atoms with Crippen LogP contribution in [0.4, 0.5) is 19.3 Å². The van der Waals surface area contributed by atoms with Gasteiger partial charge in [-0.25, -0.2) is 28.1 Å². The zero-order valence-corrected chi connectivity index (χ0v) is 28.3. The minimum atomic E-state index is -1.31. The number of pyridine rings is 1. The summed E-state index contributed by atoms with van der Waals surface area (Å²) in [7, 11) is 1.26. The number of ether oxygens (including phenoxy) is 1. The number of carbonyl (C=O) groups excluding carboxylic acids is 2. The number of anilines is 1. The van der Waals surface area contributed by atoms with Crippen molar-refractivity contribution in [1.82, 2.24) is 24.7 Å². The highest BCUT2D eigenvalue weighted by molar-refractivity contribution is 7.11. The summed E-state index contributed by atoms with van der Waals surface area (Å²) < 4.78 is 35.2. The quantitative estimate of drug-likeness (QED) is 0.256. The fourth-order valence-electron chi connectivity index (χ4n) is 6.48. The number of methoxy groups -OCH3 is 1. The number of piperazine rings is 1. The minimum absolute atomic E-state index is 0.0920. The summed E-state index contributed by atoms with van der Waals surface area (Å²) in [5.41, 5.74) is 0.470. The summed E-state index contributed by atoms with van der Waals surface area (Å²) in [4.78, 5) is 65.5. The normalized spacial score (nSPS) is 19.1. The van der Waals surface area contributed by atoms with Crippen molar-refractivity contribution >= 4 is 52.4 Å². The monoisotopic (exact) mass is 735 g/mol. The van der Waals surface area contributed by atoms with Crippen LogP contribution < -0.4 is 15.8 Å². The number of aliphatic imine (C=N–C) groups is 1. The number of aromatic carboxylic acids is 1. The molecule has 0 bridgehead atoms. The van der Waals surface area contributed by atoms with Gasteiger partial charge in [0.2, 0.25) is 0 Å². The number of hydrogen-bond donors (Lipinski definition) is 2. The van der Waals surface area contributed by atoms with Gasteiger partial charge in [-0.2, -0.15) is 0 Å². The van der Waals surface area contributed by atoms with Gasteiger partial charge < -0.3 is 20.1 Å². The summed E-state index contributed by atoms with van der Waals surface area (Å²) in [6, 6.07) is 8.32. The van der Waals surface area contributed by atoms with Crippen molar-refractivity contribution in [3.63, 3.8) is 0 Å². The van der Waals surface area contributed by atoms with Crippen molar-refractivity contribution in [2.24, 2.45) is 4.99 Å². The Morgan fingerprint density at radius 1 is 1.10 bits per heavy atom. The largest absolute Gasteiger partial charge is 0.478 e. The third kappa shape index (κ3) is 6.48. The first-order valence-electron chi connectivity index (χ1n) is 15.6. The van der Waals surface area contributed by atoms with E-state index in [1.54, 1.807) is 16.5 Å². The third-order valence-corrected chi connectivity index (χ3v) is 10.0. The Bertz CT molecular complexity index is 2190. The summed E-state index contributed by atoms with van der Waals surface area (Å²) in [5, 5.41) is 14.9. The summed E-state index contributed by atoms with van der Waals surface area (Å²) in [6.45, 7) is 1.70. The van der Waals surface area contributed by atoms with Crippen LogP contribution in [0.15, 0.2) is 87.4 Å². The average Bonchev–Trinajstić information content (AvgIpc) is 3.76. The number of rotatable bonds is 8. The Hall–Kier alpha value is -5.45. The molecule has 2 amide bonds. The second kappa shape index (κ2) is 13.7. The molecule has 0 spiro atoms. The third-order valence-electron chi connectivity index (χ3n) is 8.90. The zero-order chi connectivity index (χ0) is 36.0. The number of hydrogen-bond acceptors (Lipinski definition) is 10. The van der Waals surface area contributed by atoms with E-state index in [1.165, 1.54) is 65.9 Å². The number of thiazole rings is 1. The smallest absolute Gasteiger partial charge is 0.338 e. The zero-order valence-electron chi connectivity index (χ0n) is 26.8. The molecule has 17 heteroatoms. The van der Waals surface area contributed by atoms with E-state index >= 15 is 0 Å². The van der Waals surface area contributed by atoms with Crippen molar-refractivity contribution in [3.05, 3.63) is 121 Å². The Labute approximate surface area is 297 Å². The SMILES string of the molecule is COC(=O)C1=C(CN2CCN3C(=O)N(c4ccc(=O)n(-c5ccc(C(=O)O)cc5F)c4)C[C@@H]3C2)NC(c2nccs2)=N[C@H]1c1ccc(F)cc1Cl. The van der Waals surface area contributed by atoms with E-state index in [2.05, 4.69) is 15.2 Å². The number of aromatic nitrogens is 2. The fourth-order valence-corrected chi connectivity index (χ4v) is 7.34. The molecule has 51 heavy (non-hydrogen) atoms. The van der Waals surface area contributed by atoms with Crippen LogP contribution in [0.5, 0.6) is 0 Å². The van der Waals surface area contributed by atoms with Crippen LogP contribution in [0.25, 0.3) is 5.69 Å². The molecule has 13 nitrogen and oxygen atoms in total. The van der Waals surface area contributed by atoms with Gasteiger partial charge in [0.15, 0.2) is 10.8 Å². The van der Waals surface area contributed by atoms with E-state index in [1.807, 2.05) is 0 Å². The number of amides is 2. The molecule has 262 valence electrons. The molecule has 0 radical (unpaired) electrons. The van der Waals surface area contributed by atoms with Gasteiger partial charge >= 0.3 is 18.0 Å². The lowest BCUT2D eigenvalue weighted by molar-refractivity contribution is -0.136. The van der Waals surface area contributed by atoms with Crippen LogP contribution in [0.2, 0.25) is 5.02 Å². The molecule has 4 aromatic rings. The number of urea groups is 1. The van der Waals surface area contributed by atoms with E-state index in [0.29, 0.717) is 47.4 Å². The van der Waals surface area contributed by atoms with Gasteiger partial charge in [0.1, 0.15) is 17.7 Å². The van der Waals surface area contributed by atoms with Crippen LogP contribution in [0, 0.1) is 11.6 Å². The van der Waals surface area contributed by atoms with Crippen LogP contribution in [0.1, 0.15) is 27.0 Å². The average molecular weight is 736 g/mol. The number of carboxylic acids is 1. The van der Waals surface area contributed by atoms with Crippen molar-refractivity contribution in [2.75, 3.05) is 44.7 Å². The Morgan fingerprint density at radius 2 is 1.92 bits per heavy atom. The standard InChI is InChI=1S/C34H28ClF2N7O6S/c1-50-33(48)28-25(39-30(31-38-8-11-51-31)40-29(28)22-5-3-19(36)13-23(22)35)17-41-9-10-42-21(14-41)16-43(34(42)49)20-4-7-27(45)44(15-20)26-6-2-18(32(46)47)12-24(26)37/h2-8,11-13,15,21,29H,9-10,14,16-17H2,1H3,(H,39,40)(H,46,47)/t21-,29-/m0/s1. The second-order valence-corrected chi connectivity index (χ2v) is 13.2. The van der Waals surface area contributed by atoms with Crippen molar-refractivity contribution in [2.45, 2.75) is 12.1 Å². The van der Waals surface area contributed by atoms with Gasteiger partial charge in [-0.15, -0.1) is 11.3 Å². The lowest BCUT2D eigenvalue weighted by Crippen LogP contribution is -2.53. The van der Waals surface area contributed by atoms with Gasteiger partial charge in [-0.1, -0.05) is 17.7 Å². The lowest BCUT2D eigenvalue weighted by Gasteiger charge is -2.38. The van der Waals surface area contributed by atoms with E-state index in [0.717, 1.165) is 16.7 Å². The molecule has 2 N–H and O–H groups in total. The Morgan fingerprint density at radius 3 is 2.63 bits per heavy atom. The van der Waals surface area contributed by atoms with E-state index in [9.17, 15) is 33.1 Å². The van der Waals surface area contributed by atoms with E-state index in [-0.39, 0.29) is 47.0 Å². The van der Waals surface area contributed by atoms with Gasteiger partial charge in [-0.05, 0) is 36.4 Å². The van der Waals surface area contributed by atoms with Crippen LogP contribution >= 0.6 is 22.9 Å². The summed E-state index contributed by atoms with van der Waals surface area (Å²) in [6.07, 6.45) is 2.98. The molecule has 0 unspecified atom stereocenters. The minimum Gasteiger partial charge on any atom is -0.478 e. The summed E-state index contributed by atoms with van der Waals surface area (Å²) in [5.74, 6) is -2.99. The first kappa shape index (κ1) is 34.0. The predicted molar refractivity (Wildman–Crippen MR) is 184 cm³/mol. The fraction of sp³-hybridized carbons (Fsp3) is 0.235. The van der Waals surface area contributed by atoms with Gasteiger partial charge in [0.25, 0.3) is 5.56 Å².